The number of anilines is 2. The highest BCUT2D eigenvalue weighted by atomic mass is 35.5. The van der Waals surface area contributed by atoms with E-state index >= 15 is 0 Å². The van der Waals surface area contributed by atoms with Crippen LogP contribution in [0.3, 0.4) is 0 Å². The number of fused-ring (bicyclic) bond motifs is 1. The monoisotopic (exact) mass is 432 g/mol. The van der Waals surface area contributed by atoms with Crippen molar-refractivity contribution in [2.24, 2.45) is 0 Å². The number of benzene rings is 3. The lowest BCUT2D eigenvalue weighted by molar-refractivity contribution is -0.118. The zero-order chi connectivity index (χ0) is 20.6. The van der Waals surface area contributed by atoms with Crippen molar-refractivity contribution >= 4 is 38.9 Å². The highest BCUT2D eigenvalue weighted by Crippen LogP contribution is 2.36. The van der Waals surface area contributed by atoms with Crippen LogP contribution in [0.5, 0.6) is 5.75 Å². The van der Waals surface area contributed by atoms with Crippen molar-refractivity contribution in [1.82, 2.24) is 0 Å². The third kappa shape index (κ3) is 3.90. The van der Waals surface area contributed by atoms with Gasteiger partial charge in [0.1, 0.15) is 16.5 Å². The number of hydrogen-bond acceptors (Lipinski definition) is 4. The third-order valence-electron chi connectivity index (χ3n) is 4.27. The van der Waals surface area contributed by atoms with Crippen LogP contribution in [0.4, 0.5) is 15.8 Å². The number of sulfonamides is 1. The van der Waals surface area contributed by atoms with E-state index in [0.717, 1.165) is 5.56 Å². The Balaban J connectivity index is 1.70. The summed E-state index contributed by atoms with van der Waals surface area (Å²) in [5.74, 6) is -0.944. The van der Waals surface area contributed by atoms with Gasteiger partial charge in [0.05, 0.1) is 16.4 Å². The van der Waals surface area contributed by atoms with Crippen LogP contribution in [0.1, 0.15) is 0 Å². The molecule has 2 N–H and O–H groups in total. The Morgan fingerprint density at radius 3 is 2.55 bits per heavy atom. The number of amides is 1. The van der Waals surface area contributed by atoms with Crippen molar-refractivity contribution in [2.45, 2.75) is 4.90 Å². The smallest absolute Gasteiger partial charge is 0.263 e. The zero-order valence-corrected chi connectivity index (χ0v) is 16.4. The summed E-state index contributed by atoms with van der Waals surface area (Å²) in [4.78, 5) is 11.1. The summed E-state index contributed by atoms with van der Waals surface area (Å²) in [7, 11) is -4.23. The molecular formula is C20H14ClFN2O4S. The first-order chi connectivity index (χ1) is 13.8. The minimum Gasteiger partial charge on any atom is -0.482 e. The van der Waals surface area contributed by atoms with Gasteiger partial charge in [-0.05, 0) is 29.3 Å². The molecule has 1 aliphatic heterocycles. The van der Waals surface area contributed by atoms with E-state index in [1.807, 2.05) is 30.3 Å². The standard InChI is InChI=1S/C20H14ClFN2O4S/c21-14-9-17-18(28-11-20(25)23-17)10-19(14)29(26,27)24-16-8-13(6-7-15(16)22)12-4-2-1-3-5-12/h1-10,24H,11H2,(H,23,25). The molecule has 0 radical (unpaired) electrons. The molecule has 0 fully saturated rings. The lowest BCUT2D eigenvalue weighted by atomic mass is 10.1. The molecule has 9 heteroatoms. The number of halogens is 2. The minimum absolute atomic E-state index is 0.137. The molecule has 29 heavy (non-hydrogen) atoms. The highest BCUT2D eigenvalue weighted by Gasteiger charge is 2.25. The second-order valence-electron chi connectivity index (χ2n) is 6.28. The first kappa shape index (κ1) is 19.2. The van der Waals surface area contributed by atoms with Gasteiger partial charge < -0.3 is 10.1 Å². The van der Waals surface area contributed by atoms with Crippen LogP contribution in [0.15, 0.2) is 65.6 Å². The van der Waals surface area contributed by atoms with Crippen LogP contribution in [-0.2, 0) is 14.8 Å². The molecule has 6 nitrogen and oxygen atoms in total. The normalized spacial score (nSPS) is 13.2. The van der Waals surface area contributed by atoms with E-state index in [-0.39, 0.29) is 39.6 Å². The fourth-order valence-electron chi connectivity index (χ4n) is 2.90. The van der Waals surface area contributed by atoms with Crippen LogP contribution in [0, 0.1) is 5.82 Å². The highest BCUT2D eigenvalue weighted by molar-refractivity contribution is 7.92. The van der Waals surface area contributed by atoms with Crippen molar-refractivity contribution in [1.29, 1.82) is 0 Å². The van der Waals surface area contributed by atoms with Crippen molar-refractivity contribution in [3.63, 3.8) is 0 Å². The zero-order valence-electron chi connectivity index (χ0n) is 14.8. The summed E-state index contributed by atoms with van der Waals surface area (Å²) in [6, 6.07) is 15.8. The molecule has 0 saturated heterocycles. The topological polar surface area (TPSA) is 84.5 Å². The summed E-state index contributed by atoms with van der Waals surface area (Å²) in [5.41, 5.74) is 1.51. The number of nitrogens with one attached hydrogen (secondary N) is 2. The number of carbonyl (C=O) groups excluding carboxylic acids is 1. The Labute approximate surface area is 171 Å². The molecule has 0 unspecified atom stereocenters. The molecule has 4 rings (SSSR count). The van der Waals surface area contributed by atoms with E-state index in [4.69, 9.17) is 16.3 Å². The van der Waals surface area contributed by atoms with E-state index in [9.17, 15) is 17.6 Å². The van der Waals surface area contributed by atoms with Crippen LogP contribution in [0.2, 0.25) is 5.02 Å². The average molecular weight is 433 g/mol. The van der Waals surface area contributed by atoms with Crippen molar-refractivity contribution in [3.8, 4) is 16.9 Å². The Morgan fingerprint density at radius 2 is 1.79 bits per heavy atom. The molecule has 3 aromatic carbocycles. The number of carbonyl (C=O) groups is 1. The Morgan fingerprint density at radius 1 is 1.03 bits per heavy atom. The van der Waals surface area contributed by atoms with Crippen molar-refractivity contribution in [2.75, 3.05) is 16.6 Å². The maximum Gasteiger partial charge on any atom is 0.263 e. The molecule has 148 valence electrons. The van der Waals surface area contributed by atoms with E-state index < -0.39 is 15.8 Å². The second kappa shape index (κ2) is 7.38. The number of ether oxygens (including phenoxy) is 1. The van der Waals surface area contributed by atoms with Gasteiger partial charge in [-0.15, -0.1) is 0 Å². The predicted molar refractivity (Wildman–Crippen MR) is 108 cm³/mol. The Kier molecular flexibility index (Phi) is 4.89. The van der Waals surface area contributed by atoms with Gasteiger partial charge in [-0.3, -0.25) is 9.52 Å². The molecule has 3 aromatic rings. The van der Waals surface area contributed by atoms with Crippen LogP contribution in [-0.4, -0.2) is 20.9 Å². The van der Waals surface area contributed by atoms with Crippen molar-refractivity contribution < 1.29 is 22.3 Å². The first-order valence-corrected chi connectivity index (χ1v) is 10.3. The maximum atomic E-state index is 14.3. The van der Waals surface area contributed by atoms with Gasteiger partial charge >= 0.3 is 0 Å². The Hall–Kier alpha value is -3.10. The summed E-state index contributed by atoms with van der Waals surface area (Å²) in [6.07, 6.45) is 0. The van der Waals surface area contributed by atoms with Gasteiger partial charge in [0.15, 0.2) is 6.61 Å². The summed E-state index contributed by atoms with van der Waals surface area (Å²) in [5, 5.41) is 2.40. The summed E-state index contributed by atoms with van der Waals surface area (Å²) < 4.78 is 47.5. The fourth-order valence-corrected chi connectivity index (χ4v) is 4.50. The molecule has 0 spiro atoms. The lowest BCUT2D eigenvalue weighted by Crippen LogP contribution is -2.26. The quantitative estimate of drug-likeness (QED) is 0.644. The number of rotatable bonds is 4. The average Bonchev–Trinajstić information content (AvgIpc) is 2.69. The van der Waals surface area contributed by atoms with Gasteiger partial charge in [-0.25, -0.2) is 12.8 Å². The first-order valence-electron chi connectivity index (χ1n) is 8.47. The molecule has 1 aliphatic rings. The molecule has 1 heterocycles. The van der Waals surface area contributed by atoms with E-state index in [1.165, 1.54) is 24.3 Å². The van der Waals surface area contributed by atoms with Crippen LogP contribution >= 0.6 is 11.6 Å². The molecule has 0 aromatic heterocycles. The summed E-state index contributed by atoms with van der Waals surface area (Å²) in [6.45, 7) is -0.241. The van der Waals surface area contributed by atoms with Crippen LogP contribution in [0.25, 0.3) is 11.1 Å². The molecule has 0 saturated carbocycles. The molecule has 0 aliphatic carbocycles. The third-order valence-corrected chi connectivity index (χ3v) is 6.10. The van der Waals surface area contributed by atoms with Gasteiger partial charge in [-0.2, -0.15) is 0 Å². The van der Waals surface area contributed by atoms with Gasteiger partial charge in [0.25, 0.3) is 15.9 Å². The minimum atomic E-state index is -4.23. The van der Waals surface area contributed by atoms with E-state index in [2.05, 4.69) is 10.0 Å². The van der Waals surface area contributed by atoms with Gasteiger partial charge in [0, 0.05) is 6.07 Å². The predicted octanol–water partition coefficient (Wildman–Crippen LogP) is 4.28. The molecule has 0 atom stereocenters. The maximum absolute atomic E-state index is 14.3. The van der Waals surface area contributed by atoms with Gasteiger partial charge in [0.2, 0.25) is 0 Å². The van der Waals surface area contributed by atoms with Crippen molar-refractivity contribution in [3.05, 3.63) is 71.5 Å². The van der Waals surface area contributed by atoms with E-state index in [0.29, 0.717) is 5.56 Å². The Bertz CT molecular complexity index is 1220. The van der Waals surface area contributed by atoms with Gasteiger partial charge in [-0.1, -0.05) is 48.0 Å². The van der Waals surface area contributed by atoms with Crippen LogP contribution < -0.4 is 14.8 Å². The van der Waals surface area contributed by atoms with E-state index in [1.54, 1.807) is 6.07 Å². The molecule has 1 amide bonds. The lowest BCUT2D eigenvalue weighted by Gasteiger charge is -2.20. The fraction of sp³-hybridized carbons (Fsp3) is 0.0500. The molecule has 0 bridgehead atoms. The summed E-state index contributed by atoms with van der Waals surface area (Å²) >= 11 is 6.11. The second-order valence-corrected chi connectivity index (χ2v) is 8.34. The number of hydrogen-bond donors (Lipinski definition) is 2. The molecular weight excluding hydrogens is 419 g/mol. The largest absolute Gasteiger partial charge is 0.482 e. The SMILES string of the molecule is O=C1COc2cc(S(=O)(=O)Nc3cc(-c4ccccc4)ccc3F)c(Cl)cc2N1.